The van der Waals surface area contributed by atoms with Crippen molar-refractivity contribution in [1.29, 1.82) is 0 Å². The van der Waals surface area contributed by atoms with Crippen molar-refractivity contribution in [2.75, 3.05) is 22.4 Å². The van der Waals surface area contributed by atoms with Crippen LogP contribution in [-0.2, 0) is 27.0 Å². The number of halogens is 4. The molecular formula is C55H45BF4N2O4P2Pd+. The summed E-state index contributed by atoms with van der Waals surface area (Å²) in [6, 6.07) is 62.4. The second-order valence-electron chi connectivity index (χ2n) is 16.6. The van der Waals surface area contributed by atoms with E-state index in [9.17, 15) is 17.3 Å². The number of fused-ring (bicyclic) bond motifs is 14. The quantitative estimate of drug-likeness (QED) is 0.122. The largest absolute Gasteiger partial charge is 2.00 e. The Morgan fingerprint density at radius 2 is 0.870 bits per heavy atom. The van der Waals surface area contributed by atoms with E-state index in [-0.39, 0.29) is 26.5 Å². The van der Waals surface area contributed by atoms with Crippen molar-refractivity contribution < 1.29 is 54.5 Å². The first-order valence-electron chi connectivity index (χ1n) is 22.4. The normalized spacial score (nSPS) is 14.0. The summed E-state index contributed by atoms with van der Waals surface area (Å²) in [6.07, 6.45) is 3.53. The van der Waals surface area contributed by atoms with Gasteiger partial charge >= 0.3 is 44.0 Å². The molecule has 3 heterocycles. The molecule has 0 amide bonds. The Hall–Kier alpha value is -5.81. The summed E-state index contributed by atoms with van der Waals surface area (Å²) in [5.74, 6) is 0. The van der Waals surface area contributed by atoms with Gasteiger partial charge in [-0.1, -0.05) is 152 Å². The van der Waals surface area contributed by atoms with Crippen LogP contribution in [0.5, 0.6) is 0 Å². The predicted octanol–water partition coefficient (Wildman–Crippen LogP) is 17.6. The molecule has 1 saturated heterocycles. The average Bonchev–Trinajstić information content (AvgIpc) is 3.64. The van der Waals surface area contributed by atoms with Crippen LogP contribution in [0.2, 0.25) is 0 Å². The molecule has 1 atom stereocenters. The van der Waals surface area contributed by atoms with Crippen LogP contribution in [0.1, 0.15) is 18.4 Å². The monoisotopic (exact) mass is 1050 g/mol. The van der Waals surface area contributed by atoms with Gasteiger partial charge in [0.1, 0.15) is 22.3 Å². The minimum atomic E-state index is -6.00. The first kappa shape index (κ1) is 48.2. The van der Waals surface area contributed by atoms with Gasteiger partial charge in [-0.15, -0.1) is 0 Å². The van der Waals surface area contributed by atoms with Gasteiger partial charge in [-0.25, -0.2) is 0 Å². The number of rotatable bonds is 6. The first-order chi connectivity index (χ1) is 33.1. The van der Waals surface area contributed by atoms with Gasteiger partial charge in [0.2, 0.25) is 0 Å². The molecule has 0 saturated carbocycles. The van der Waals surface area contributed by atoms with Crippen LogP contribution in [-0.4, -0.2) is 26.4 Å². The van der Waals surface area contributed by atoms with Gasteiger partial charge in [0.05, 0.1) is 0 Å². The summed E-state index contributed by atoms with van der Waals surface area (Å²) in [4.78, 5) is 0. The first-order valence-corrected chi connectivity index (χ1v) is 24.6. The Kier molecular flexibility index (Phi) is 14.7. The third kappa shape index (κ3) is 10.3. The zero-order valence-electron chi connectivity index (χ0n) is 37.2. The van der Waals surface area contributed by atoms with Gasteiger partial charge < -0.3 is 34.0 Å². The van der Waals surface area contributed by atoms with Crippen LogP contribution in [0.4, 0.5) is 17.3 Å². The van der Waals surface area contributed by atoms with E-state index in [2.05, 4.69) is 199 Å². The van der Waals surface area contributed by atoms with Gasteiger partial charge in [-0.05, 0) is 106 Å². The van der Waals surface area contributed by atoms with Crippen LogP contribution in [0.3, 0.4) is 0 Å². The van der Waals surface area contributed by atoms with Crippen molar-refractivity contribution >= 4 is 111 Å². The molecule has 12 rings (SSSR count). The molecule has 0 N–H and O–H groups in total. The van der Waals surface area contributed by atoms with Crippen LogP contribution in [0.15, 0.2) is 193 Å². The van der Waals surface area contributed by atoms with E-state index < -0.39 is 23.6 Å². The summed E-state index contributed by atoms with van der Waals surface area (Å²) < 4.78 is 72.6. The van der Waals surface area contributed by atoms with Crippen LogP contribution in [0, 0.1) is 20.3 Å². The summed E-state index contributed by atoms with van der Waals surface area (Å²) in [6.45, 7) is 8.73. The Morgan fingerprint density at radius 1 is 0.522 bits per heavy atom. The molecule has 0 unspecified atom stereocenters. The molecular weight excluding hydrogens is 1010 g/mol. The van der Waals surface area contributed by atoms with E-state index in [1.807, 2.05) is 0 Å². The van der Waals surface area contributed by atoms with Crippen molar-refractivity contribution in [2.45, 2.75) is 25.4 Å². The summed E-state index contributed by atoms with van der Waals surface area (Å²) >= 11 is 0. The van der Waals surface area contributed by atoms with Crippen LogP contribution >= 0.6 is 16.3 Å². The smallest absolute Gasteiger partial charge is 0.418 e. The van der Waals surface area contributed by atoms with Crippen molar-refractivity contribution in [1.82, 2.24) is 0 Å². The van der Waals surface area contributed by atoms with Gasteiger partial charge in [0, 0.05) is 47.2 Å². The van der Waals surface area contributed by atoms with Crippen molar-refractivity contribution in [3.63, 3.8) is 0 Å². The summed E-state index contributed by atoms with van der Waals surface area (Å²) in [5.41, 5.74) is 4.59. The van der Waals surface area contributed by atoms with Crippen molar-refractivity contribution in [2.24, 2.45) is 0 Å². The van der Waals surface area contributed by atoms with Crippen molar-refractivity contribution in [3.05, 3.63) is 202 Å². The average molecular weight is 1050 g/mol. The molecule has 11 aromatic rings. The maximum atomic E-state index is 9.75. The Labute approximate surface area is 412 Å². The molecule has 3 radical (unpaired) electrons. The zero-order valence-corrected chi connectivity index (χ0v) is 40.5. The number of hydrogen-bond acceptors (Lipinski definition) is 6. The van der Waals surface area contributed by atoms with Crippen LogP contribution in [0.25, 0.3) is 87.0 Å². The number of benzene rings is 9. The van der Waals surface area contributed by atoms with E-state index in [0.29, 0.717) is 13.1 Å². The second kappa shape index (κ2) is 21.0. The van der Waals surface area contributed by atoms with E-state index >= 15 is 0 Å². The zero-order chi connectivity index (χ0) is 46.8. The molecule has 1 aliphatic rings. The van der Waals surface area contributed by atoms with E-state index in [0.717, 1.165) is 84.8 Å². The van der Waals surface area contributed by atoms with Crippen LogP contribution < -0.4 is 9.34 Å². The van der Waals surface area contributed by atoms with E-state index in [1.54, 1.807) is 0 Å². The Balaban J connectivity index is 0.000000615. The molecule has 1 aliphatic heterocycles. The molecule has 69 heavy (non-hydrogen) atoms. The van der Waals surface area contributed by atoms with Gasteiger partial charge in [-0.3, -0.25) is 0 Å². The predicted molar refractivity (Wildman–Crippen MR) is 277 cm³/mol. The van der Waals surface area contributed by atoms with Gasteiger partial charge in [-0.2, -0.15) is 9.34 Å². The maximum absolute atomic E-state index is 9.75. The number of hydrogen-bond donors (Lipinski definition) is 0. The Bertz CT molecular complexity index is 3490. The molecule has 349 valence electrons. The molecule has 0 aliphatic carbocycles. The maximum Gasteiger partial charge on any atom is 2.00 e. The third-order valence-electron chi connectivity index (χ3n) is 12.2. The minimum absolute atomic E-state index is 0. The third-order valence-corrected chi connectivity index (χ3v) is 15.3. The fraction of sp³-hybridized carbons (Fsp3) is 0.109. The molecule has 9 aromatic carbocycles. The van der Waals surface area contributed by atoms with Crippen molar-refractivity contribution in [3.8, 4) is 0 Å². The molecule has 0 spiro atoms. The van der Waals surface area contributed by atoms with E-state index in [4.69, 9.17) is 16.8 Å². The summed E-state index contributed by atoms with van der Waals surface area (Å²) in [7, 11) is -9.15. The second-order valence-corrected chi connectivity index (χ2v) is 19.3. The fourth-order valence-corrected chi connectivity index (χ4v) is 12.5. The number of nitrogens with zero attached hydrogens (tertiary/aromatic N) is 2. The molecule has 14 heteroatoms. The molecule has 6 nitrogen and oxygen atoms in total. The summed E-state index contributed by atoms with van der Waals surface area (Å²) in [5, 5.41) is 13.6. The Morgan fingerprint density at radius 3 is 1.26 bits per heavy atom. The SMILES string of the molecule is F[B-](F)(F)F.[CH2][CH][CH2].[Pd+2].c1ccc(CN(C[C@@H]2CCCN2p2oc3ccc4ccccc4c3c3c(ccc4ccccc43)o2)p2oc3ccc4ccccc4c3c3c(ccc4ccccc43)o2)cc1. The molecule has 1 fully saturated rings. The standard InChI is InChI=1S/C52H40N2O4P2.C3H5.BF4.Pd/c1-2-13-35(14-3-1)33-53(59-55-45-28-24-36-15-4-8-20-41(36)49(45)50-42-21-9-5-16-37(42)25-29-46(50)56-59)34-40-19-12-32-54(40)60-57-47-30-26-38-17-6-10-22-43(38)51(47)52-44-23-11-7-18-39(44)27-31-48(52)58-60;1-3-2;2-1(3,4)5;/h1-11,13-18,20-31,40H,12,19,32-34H2;3H,1-2H2;;/q;;-1;+2/t40-;;;/m0.../s1. The van der Waals surface area contributed by atoms with Gasteiger partial charge in [0.15, 0.2) is 0 Å². The topological polar surface area (TPSA) is 59.0 Å². The fourth-order valence-electron chi connectivity index (χ4n) is 9.38. The van der Waals surface area contributed by atoms with E-state index in [1.165, 1.54) is 33.5 Å². The molecule has 0 bridgehead atoms. The minimum Gasteiger partial charge on any atom is -0.418 e. The molecule has 2 aromatic heterocycles. The van der Waals surface area contributed by atoms with Gasteiger partial charge in [0.25, 0.3) is 0 Å².